The van der Waals surface area contributed by atoms with Crippen LogP contribution in [0.3, 0.4) is 0 Å². The van der Waals surface area contributed by atoms with Crippen LogP contribution in [0.5, 0.6) is 0 Å². The van der Waals surface area contributed by atoms with E-state index in [0.717, 1.165) is 38.6 Å². The average molecular weight is 337 g/mol. The molecule has 1 fully saturated rings. The molecule has 4 rings (SSSR count). The second-order valence-electron chi connectivity index (χ2n) is 7.38. The number of amides is 1. The van der Waals surface area contributed by atoms with E-state index in [1.165, 1.54) is 16.8 Å². The van der Waals surface area contributed by atoms with Gasteiger partial charge in [0.1, 0.15) is 0 Å². The second-order valence-corrected chi connectivity index (χ2v) is 7.38. The third-order valence-corrected chi connectivity index (χ3v) is 5.74. The lowest BCUT2D eigenvalue weighted by molar-refractivity contribution is -0.123. The summed E-state index contributed by atoms with van der Waals surface area (Å²) in [6.07, 6.45) is 7.71. The lowest BCUT2D eigenvalue weighted by Gasteiger charge is -2.29. The maximum absolute atomic E-state index is 12.7. The van der Waals surface area contributed by atoms with Crippen LogP contribution in [-0.4, -0.2) is 28.5 Å². The monoisotopic (exact) mass is 337 g/mol. The van der Waals surface area contributed by atoms with Gasteiger partial charge < -0.3 is 9.88 Å². The molecule has 0 unspecified atom stereocenters. The van der Waals surface area contributed by atoms with Gasteiger partial charge in [0.25, 0.3) is 0 Å². The van der Waals surface area contributed by atoms with Crippen LogP contribution in [0.25, 0.3) is 0 Å². The summed E-state index contributed by atoms with van der Waals surface area (Å²) in [6, 6.07) is 13.3. The number of hydrogen-bond donors (Lipinski definition) is 1. The molecule has 0 radical (unpaired) electrons. The number of carbonyl (C=O) groups is 1. The summed E-state index contributed by atoms with van der Waals surface area (Å²) in [6.45, 7) is 1.50. The molecule has 1 N–H and O–H groups in total. The summed E-state index contributed by atoms with van der Waals surface area (Å²) in [7, 11) is 2.09. The maximum atomic E-state index is 12.7. The number of benzene rings is 1. The van der Waals surface area contributed by atoms with Gasteiger partial charge in [0.05, 0.1) is 18.6 Å². The molecule has 25 heavy (non-hydrogen) atoms. The highest BCUT2D eigenvalue weighted by molar-refractivity contribution is 5.78. The lowest BCUT2D eigenvalue weighted by Crippen LogP contribution is -2.39. The van der Waals surface area contributed by atoms with Crippen molar-refractivity contribution in [3.05, 3.63) is 59.4 Å². The van der Waals surface area contributed by atoms with E-state index in [1.54, 1.807) is 0 Å². The van der Waals surface area contributed by atoms with E-state index < -0.39 is 0 Å². The first-order valence-electron chi connectivity index (χ1n) is 9.45. The van der Waals surface area contributed by atoms with Gasteiger partial charge in [-0.1, -0.05) is 24.3 Å². The van der Waals surface area contributed by atoms with Crippen LogP contribution in [0, 0.1) is 0 Å². The molecule has 2 aromatic rings. The summed E-state index contributed by atoms with van der Waals surface area (Å²) in [5.74, 6) is 0.155. The molecule has 0 saturated carbocycles. The highest BCUT2D eigenvalue weighted by atomic mass is 16.2. The summed E-state index contributed by atoms with van der Waals surface area (Å²) < 4.78 is 2.18. The number of rotatable bonds is 4. The van der Waals surface area contributed by atoms with Crippen molar-refractivity contribution < 1.29 is 4.79 Å². The SMILES string of the molecule is Cn1cccc1[C@H]1CCCN1CC(=O)N[C@@H]1CCCc2ccccc21. The Hall–Kier alpha value is -2.07. The van der Waals surface area contributed by atoms with Gasteiger partial charge >= 0.3 is 0 Å². The van der Waals surface area contributed by atoms with Crippen LogP contribution < -0.4 is 5.32 Å². The van der Waals surface area contributed by atoms with E-state index in [2.05, 4.69) is 64.4 Å². The highest BCUT2D eigenvalue weighted by Crippen LogP contribution is 2.32. The van der Waals surface area contributed by atoms with Crippen LogP contribution in [0.2, 0.25) is 0 Å². The van der Waals surface area contributed by atoms with Gasteiger partial charge in [0, 0.05) is 18.9 Å². The maximum Gasteiger partial charge on any atom is 0.234 e. The van der Waals surface area contributed by atoms with Crippen LogP contribution in [0.1, 0.15) is 54.6 Å². The molecule has 4 heteroatoms. The van der Waals surface area contributed by atoms with Gasteiger partial charge in [-0.25, -0.2) is 0 Å². The van der Waals surface area contributed by atoms with Crippen molar-refractivity contribution >= 4 is 5.91 Å². The Bertz CT molecular complexity index is 751. The molecule has 2 heterocycles. The van der Waals surface area contributed by atoms with Crippen molar-refractivity contribution in [3.63, 3.8) is 0 Å². The minimum atomic E-state index is 0.155. The van der Waals surface area contributed by atoms with Gasteiger partial charge in [-0.3, -0.25) is 9.69 Å². The minimum Gasteiger partial charge on any atom is -0.353 e. The fourth-order valence-corrected chi connectivity index (χ4v) is 4.50. The van der Waals surface area contributed by atoms with Crippen molar-refractivity contribution in [2.75, 3.05) is 13.1 Å². The largest absolute Gasteiger partial charge is 0.353 e. The molecule has 2 aliphatic rings. The van der Waals surface area contributed by atoms with E-state index in [4.69, 9.17) is 0 Å². The smallest absolute Gasteiger partial charge is 0.234 e. The predicted molar refractivity (Wildman–Crippen MR) is 99.2 cm³/mol. The molecule has 1 aromatic heterocycles. The van der Waals surface area contributed by atoms with E-state index in [-0.39, 0.29) is 11.9 Å². The summed E-state index contributed by atoms with van der Waals surface area (Å²) in [5.41, 5.74) is 4.01. The third kappa shape index (κ3) is 3.36. The molecule has 1 saturated heterocycles. The molecular weight excluding hydrogens is 310 g/mol. The first kappa shape index (κ1) is 16.4. The van der Waals surface area contributed by atoms with E-state index in [9.17, 15) is 4.79 Å². The Morgan fingerprint density at radius 1 is 1.16 bits per heavy atom. The number of carbonyl (C=O) groups excluding carboxylic acids is 1. The lowest BCUT2D eigenvalue weighted by atomic mass is 9.88. The molecule has 1 aliphatic carbocycles. The highest BCUT2D eigenvalue weighted by Gasteiger charge is 2.30. The molecular formula is C21H27N3O. The van der Waals surface area contributed by atoms with Gasteiger partial charge in [-0.2, -0.15) is 0 Å². The van der Waals surface area contributed by atoms with Crippen LogP contribution in [0.4, 0.5) is 0 Å². The predicted octanol–water partition coefficient (Wildman–Crippen LogP) is 3.36. The minimum absolute atomic E-state index is 0.155. The number of fused-ring (bicyclic) bond motifs is 1. The van der Waals surface area contributed by atoms with Crippen molar-refractivity contribution in [1.29, 1.82) is 0 Å². The molecule has 1 amide bonds. The molecule has 132 valence electrons. The fraction of sp³-hybridized carbons (Fsp3) is 0.476. The van der Waals surface area contributed by atoms with Gasteiger partial charge in [-0.15, -0.1) is 0 Å². The summed E-state index contributed by atoms with van der Waals surface area (Å²) >= 11 is 0. The Morgan fingerprint density at radius 2 is 2.04 bits per heavy atom. The average Bonchev–Trinajstić information content (AvgIpc) is 3.23. The van der Waals surface area contributed by atoms with Crippen molar-refractivity contribution in [2.24, 2.45) is 7.05 Å². The Morgan fingerprint density at radius 3 is 2.88 bits per heavy atom. The van der Waals surface area contributed by atoms with E-state index in [0.29, 0.717) is 12.6 Å². The van der Waals surface area contributed by atoms with Crippen LogP contribution in [-0.2, 0) is 18.3 Å². The Labute approximate surface area is 149 Å². The zero-order chi connectivity index (χ0) is 17.2. The van der Waals surface area contributed by atoms with Gasteiger partial charge in [0.15, 0.2) is 0 Å². The van der Waals surface area contributed by atoms with Crippen LogP contribution >= 0.6 is 0 Å². The molecule has 2 atom stereocenters. The third-order valence-electron chi connectivity index (χ3n) is 5.74. The molecule has 0 bridgehead atoms. The molecule has 1 aromatic carbocycles. The zero-order valence-corrected chi connectivity index (χ0v) is 14.9. The number of nitrogens with one attached hydrogen (secondary N) is 1. The number of likely N-dealkylation sites (tertiary alicyclic amines) is 1. The van der Waals surface area contributed by atoms with Crippen molar-refractivity contribution in [3.8, 4) is 0 Å². The van der Waals surface area contributed by atoms with Gasteiger partial charge in [0.2, 0.25) is 5.91 Å². The molecule has 1 aliphatic heterocycles. The fourth-order valence-electron chi connectivity index (χ4n) is 4.50. The second kappa shape index (κ2) is 7.04. The number of nitrogens with zero attached hydrogens (tertiary/aromatic N) is 2. The number of aromatic nitrogens is 1. The van der Waals surface area contributed by atoms with Crippen LogP contribution in [0.15, 0.2) is 42.6 Å². The number of hydrogen-bond acceptors (Lipinski definition) is 2. The number of aryl methyl sites for hydroxylation is 2. The standard InChI is InChI=1S/C21H27N3O/c1-23-13-5-11-19(23)20-12-6-14-24(20)15-21(25)22-18-10-4-8-16-7-2-3-9-17(16)18/h2-3,5,7,9,11,13,18,20H,4,6,8,10,12,14-15H2,1H3,(H,22,25)/t18-,20-/m1/s1. The van der Waals surface area contributed by atoms with E-state index >= 15 is 0 Å². The quantitative estimate of drug-likeness (QED) is 0.929. The Kier molecular flexibility index (Phi) is 4.62. The van der Waals surface area contributed by atoms with Gasteiger partial charge in [-0.05, 0) is 61.9 Å². The van der Waals surface area contributed by atoms with Crippen molar-refractivity contribution in [2.45, 2.75) is 44.2 Å². The normalized spacial score (nSPS) is 23.4. The molecule has 0 spiro atoms. The topological polar surface area (TPSA) is 37.3 Å². The zero-order valence-electron chi connectivity index (χ0n) is 14.9. The summed E-state index contributed by atoms with van der Waals surface area (Å²) in [4.78, 5) is 15.1. The Balaban J connectivity index is 1.42. The van der Waals surface area contributed by atoms with Crippen molar-refractivity contribution in [1.82, 2.24) is 14.8 Å². The summed E-state index contributed by atoms with van der Waals surface area (Å²) in [5, 5.41) is 3.30. The first-order chi connectivity index (χ1) is 12.2. The molecule has 4 nitrogen and oxygen atoms in total. The van der Waals surface area contributed by atoms with E-state index in [1.807, 2.05) is 0 Å². The first-order valence-corrected chi connectivity index (χ1v) is 9.45.